The molecule has 2 heterocycles. The summed E-state index contributed by atoms with van der Waals surface area (Å²) in [6.45, 7) is 8.36. The lowest BCUT2D eigenvalue weighted by atomic mass is 9.98. The van der Waals surface area contributed by atoms with Gasteiger partial charge in [0.2, 0.25) is 5.91 Å². The number of nitrogens with zero attached hydrogens (tertiary/aromatic N) is 2. The third-order valence-corrected chi connectivity index (χ3v) is 6.33. The van der Waals surface area contributed by atoms with Crippen LogP contribution in [0.15, 0.2) is 42.5 Å². The number of amides is 2. The normalized spacial score (nSPS) is 18.2. The highest BCUT2D eigenvalue weighted by Crippen LogP contribution is 2.34. The molecular formula is C26H33N3O3. The van der Waals surface area contributed by atoms with E-state index in [4.69, 9.17) is 4.74 Å². The second-order valence-electron chi connectivity index (χ2n) is 9.08. The summed E-state index contributed by atoms with van der Waals surface area (Å²) in [6.07, 6.45) is 2.65. The van der Waals surface area contributed by atoms with E-state index in [0.29, 0.717) is 18.2 Å². The van der Waals surface area contributed by atoms with Crippen molar-refractivity contribution >= 4 is 23.2 Å². The van der Waals surface area contributed by atoms with Crippen LogP contribution in [0.2, 0.25) is 0 Å². The summed E-state index contributed by atoms with van der Waals surface area (Å²) in [7, 11) is 0. The van der Waals surface area contributed by atoms with E-state index in [1.807, 2.05) is 53.1 Å². The quantitative estimate of drug-likeness (QED) is 0.759. The predicted octanol–water partition coefficient (Wildman–Crippen LogP) is 4.34. The number of para-hydroxylation sites is 3. The summed E-state index contributed by atoms with van der Waals surface area (Å²) in [5.74, 6) is 0.884. The number of benzene rings is 2. The van der Waals surface area contributed by atoms with E-state index < -0.39 is 6.10 Å². The van der Waals surface area contributed by atoms with E-state index in [1.54, 1.807) is 0 Å². The van der Waals surface area contributed by atoms with Gasteiger partial charge >= 0.3 is 0 Å². The number of piperidine rings is 1. The van der Waals surface area contributed by atoms with Crippen molar-refractivity contribution in [1.29, 1.82) is 0 Å². The van der Waals surface area contributed by atoms with Gasteiger partial charge in [0.1, 0.15) is 5.75 Å². The standard InChI is InChI=1S/C26H33N3O3/c1-18(2)20-11-9-10-19(3)25(20)27-24(30)17-29-16-23(26(31)28-14-7-4-8-15-28)32-22-13-6-5-12-21(22)29/h5-6,9-13,18,23H,4,7-8,14-17H2,1-3H3,(H,27,30)/t23-/m0/s1. The van der Waals surface area contributed by atoms with Gasteiger partial charge in [-0.3, -0.25) is 9.59 Å². The van der Waals surface area contributed by atoms with Gasteiger partial charge in [0.05, 0.1) is 18.8 Å². The van der Waals surface area contributed by atoms with Crippen LogP contribution in [0.1, 0.15) is 50.2 Å². The Morgan fingerprint density at radius 2 is 1.81 bits per heavy atom. The first-order valence-electron chi connectivity index (χ1n) is 11.6. The van der Waals surface area contributed by atoms with Gasteiger partial charge in [-0.15, -0.1) is 0 Å². The maximum Gasteiger partial charge on any atom is 0.265 e. The number of likely N-dealkylation sites (tertiary alicyclic amines) is 1. The molecule has 6 heteroatoms. The average Bonchev–Trinajstić information content (AvgIpc) is 2.80. The fourth-order valence-electron chi connectivity index (χ4n) is 4.60. The molecule has 0 spiro atoms. The smallest absolute Gasteiger partial charge is 0.265 e. The summed E-state index contributed by atoms with van der Waals surface area (Å²) < 4.78 is 6.08. The molecule has 2 aliphatic heterocycles. The third kappa shape index (κ3) is 4.74. The number of ether oxygens (including phenoxy) is 1. The Labute approximate surface area is 190 Å². The zero-order valence-corrected chi connectivity index (χ0v) is 19.3. The number of nitrogens with one attached hydrogen (secondary N) is 1. The number of hydrogen-bond acceptors (Lipinski definition) is 4. The molecular weight excluding hydrogens is 402 g/mol. The molecule has 2 aromatic carbocycles. The Hall–Kier alpha value is -3.02. The van der Waals surface area contributed by atoms with E-state index in [0.717, 1.165) is 48.4 Å². The Bertz CT molecular complexity index is 982. The van der Waals surface area contributed by atoms with Crippen LogP contribution in [0.3, 0.4) is 0 Å². The molecule has 170 valence electrons. The number of carbonyl (C=O) groups is 2. The summed E-state index contributed by atoms with van der Waals surface area (Å²) in [5, 5.41) is 3.13. The van der Waals surface area contributed by atoms with E-state index in [-0.39, 0.29) is 18.4 Å². The minimum atomic E-state index is -0.597. The zero-order valence-electron chi connectivity index (χ0n) is 19.3. The first-order valence-corrected chi connectivity index (χ1v) is 11.6. The molecule has 32 heavy (non-hydrogen) atoms. The van der Waals surface area contributed by atoms with Crippen molar-refractivity contribution < 1.29 is 14.3 Å². The minimum absolute atomic E-state index is 0.0191. The fourth-order valence-corrected chi connectivity index (χ4v) is 4.60. The van der Waals surface area contributed by atoms with Crippen molar-refractivity contribution in [3.8, 4) is 5.75 Å². The van der Waals surface area contributed by atoms with Crippen molar-refractivity contribution in [2.24, 2.45) is 0 Å². The van der Waals surface area contributed by atoms with Crippen molar-refractivity contribution in [2.45, 2.75) is 52.1 Å². The average molecular weight is 436 g/mol. The maximum atomic E-state index is 13.1. The highest BCUT2D eigenvalue weighted by molar-refractivity contribution is 5.96. The molecule has 0 saturated carbocycles. The second kappa shape index (κ2) is 9.63. The molecule has 0 unspecified atom stereocenters. The summed E-state index contributed by atoms with van der Waals surface area (Å²) in [5.41, 5.74) is 3.90. The molecule has 1 saturated heterocycles. The summed E-state index contributed by atoms with van der Waals surface area (Å²) >= 11 is 0. The largest absolute Gasteiger partial charge is 0.477 e. The lowest BCUT2D eigenvalue weighted by Gasteiger charge is -2.38. The van der Waals surface area contributed by atoms with Crippen LogP contribution in [-0.4, -0.2) is 49.0 Å². The van der Waals surface area contributed by atoms with Crippen LogP contribution in [-0.2, 0) is 9.59 Å². The van der Waals surface area contributed by atoms with Gasteiger partial charge in [-0.05, 0) is 55.4 Å². The lowest BCUT2D eigenvalue weighted by molar-refractivity contribution is -0.139. The number of rotatable bonds is 5. The molecule has 2 amide bonds. The van der Waals surface area contributed by atoms with Crippen LogP contribution >= 0.6 is 0 Å². The summed E-state index contributed by atoms with van der Waals surface area (Å²) in [6, 6.07) is 13.7. The predicted molar refractivity (Wildman–Crippen MR) is 127 cm³/mol. The van der Waals surface area contributed by atoms with Crippen LogP contribution in [0, 0.1) is 6.92 Å². The number of aryl methyl sites for hydroxylation is 1. The number of fused-ring (bicyclic) bond motifs is 1. The van der Waals surface area contributed by atoms with E-state index in [9.17, 15) is 9.59 Å². The highest BCUT2D eigenvalue weighted by atomic mass is 16.5. The number of carbonyl (C=O) groups excluding carboxylic acids is 2. The van der Waals surface area contributed by atoms with Gasteiger partial charge in [0.15, 0.2) is 6.10 Å². The van der Waals surface area contributed by atoms with E-state index in [2.05, 4.69) is 25.2 Å². The van der Waals surface area contributed by atoms with Crippen molar-refractivity contribution in [3.05, 3.63) is 53.6 Å². The Kier molecular flexibility index (Phi) is 6.68. The SMILES string of the molecule is Cc1cccc(C(C)C)c1NC(=O)CN1C[C@@H](C(=O)N2CCCCC2)Oc2ccccc21. The molecule has 0 radical (unpaired) electrons. The number of hydrogen-bond donors (Lipinski definition) is 1. The van der Waals surface area contributed by atoms with Crippen LogP contribution in [0.5, 0.6) is 5.75 Å². The fraction of sp³-hybridized carbons (Fsp3) is 0.462. The molecule has 0 bridgehead atoms. The topological polar surface area (TPSA) is 61.9 Å². The second-order valence-corrected chi connectivity index (χ2v) is 9.08. The zero-order chi connectivity index (χ0) is 22.7. The van der Waals surface area contributed by atoms with Gasteiger partial charge < -0.3 is 19.9 Å². The van der Waals surface area contributed by atoms with Gasteiger partial charge in [-0.2, -0.15) is 0 Å². The molecule has 4 rings (SSSR count). The third-order valence-electron chi connectivity index (χ3n) is 6.33. The first kappa shape index (κ1) is 22.2. The molecule has 0 aliphatic carbocycles. The molecule has 6 nitrogen and oxygen atoms in total. The molecule has 1 N–H and O–H groups in total. The van der Waals surface area contributed by atoms with Gasteiger partial charge in [-0.25, -0.2) is 0 Å². The van der Waals surface area contributed by atoms with Gasteiger partial charge in [0.25, 0.3) is 5.91 Å². The highest BCUT2D eigenvalue weighted by Gasteiger charge is 2.34. The van der Waals surface area contributed by atoms with E-state index in [1.165, 1.54) is 6.42 Å². The van der Waals surface area contributed by atoms with E-state index >= 15 is 0 Å². The van der Waals surface area contributed by atoms with Crippen molar-refractivity contribution in [3.63, 3.8) is 0 Å². The van der Waals surface area contributed by atoms with Crippen LogP contribution in [0.4, 0.5) is 11.4 Å². The Morgan fingerprint density at radius 3 is 2.56 bits per heavy atom. The molecule has 2 aromatic rings. The molecule has 1 atom stereocenters. The van der Waals surface area contributed by atoms with Crippen LogP contribution in [0.25, 0.3) is 0 Å². The van der Waals surface area contributed by atoms with Gasteiger partial charge in [0, 0.05) is 18.8 Å². The molecule has 0 aromatic heterocycles. The van der Waals surface area contributed by atoms with Crippen molar-refractivity contribution in [2.75, 3.05) is 36.4 Å². The lowest BCUT2D eigenvalue weighted by Crippen LogP contribution is -2.52. The maximum absolute atomic E-state index is 13.1. The Balaban J connectivity index is 1.52. The Morgan fingerprint density at radius 1 is 1.06 bits per heavy atom. The van der Waals surface area contributed by atoms with Crippen LogP contribution < -0.4 is 15.0 Å². The number of anilines is 2. The van der Waals surface area contributed by atoms with Gasteiger partial charge in [-0.1, -0.05) is 44.2 Å². The minimum Gasteiger partial charge on any atom is -0.477 e. The monoisotopic (exact) mass is 435 g/mol. The molecule has 1 fully saturated rings. The molecule has 2 aliphatic rings. The van der Waals surface area contributed by atoms with Crippen molar-refractivity contribution in [1.82, 2.24) is 4.90 Å². The summed E-state index contributed by atoms with van der Waals surface area (Å²) in [4.78, 5) is 30.1. The first-order chi connectivity index (χ1) is 15.4.